The minimum absolute atomic E-state index is 0.0333. The summed E-state index contributed by atoms with van der Waals surface area (Å²) in [6, 6.07) is 8.60. The van der Waals surface area contributed by atoms with Gasteiger partial charge in [0.05, 0.1) is 6.42 Å². The fourth-order valence-electron chi connectivity index (χ4n) is 5.15. The van der Waals surface area contributed by atoms with Crippen LogP contribution in [-0.2, 0) is 22.7 Å². The summed E-state index contributed by atoms with van der Waals surface area (Å²) >= 11 is 1.45. The van der Waals surface area contributed by atoms with Crippen molar-refractivity contribution < 1.29 is 9.59 Å². The van der Waals surface area contributed by atoms with Crippen molar-refractivity contribution in [2.45, 2.75) is 62.9 Å². The molecule has 1 unspecified atom stereocenters. The van der Waals surface area contributed by atoms with Gasteiger partial charge in [0.2, 0.25) is 5.91 Å². The molecule has 2 amide bonds. The molecule has 2 heterocycles. The van der Waals surface area contributed by atoms with Gasteiger partial charge in [-0.3, -0.25) is 9.59 Å². The number of hydrogen-bond acceptors (Lipinski definition) is 4. The van der Waals surface area contributed by atoms with Gasteiger partial charge in [0.15, 0.2) is 5.17 Å². The highest BCUT2D eigenvalue weighted by atomic mass is 32.2. The number of hydrogen-bond donors (Lipinski definition) is 1. The Morgan fingerprint density at radius 1 is 1.26 bits per heavy atom. The number of benzene rings is 1. The normalized spacial score (nSPS) is 34.1. The first-order valence-electron chi connectivity index (χ1n) is 9.93. The van der Waals surface area contributed by atoms with Crippen LogP contribution >= 0.6 is 11.8 Å². The van der Waals surface area contributed by atoms with Crippen molar-refractivity contribution in [3.63, 3.8) is 0 Å². The van der Waals surface area contributed by atoms with Crippen LogP contribution in [0, 0.1) is 11.8 Å². The Hall–Kier alpha value is -1.82. The number of fused-ring (bicyclic) bond motifs is 3. The van der Waals surface area contributed by atoms with Crippen LogP contribution in [0.3, 0.4) is 0 Å². The Morgan fingerprint density at radius 2 is 2.00 bits per heavy atom. The number of carbonyl (C=O) groups excluding carboxylic acids is 2. The van der Waals surface area contributed by atoms with Crippen LogP contribution in [0.15, 0.2) is 29.3 Å². The zero-order valence-electron chi connectivity index (χ0n) is 15.6. The molecule has 0 spiro atoms. The van der Waals surface area contributed by atoms with Gasteiger partial charge in [-0.2, -0.15) is 4.99 Å². The highest BCUT2D eigenvalue weighted by Gasteiger charge is 2.46. The number of thioether (sulfide) groups is 1. The molecular weight excluding hydrogens is 358 g/mol. The smallest absolute Gasteiger partial charge is 0.265 e. The van der Waals surface area contributed by atoms with Gasteiger partial charge in [-0.1, -0.05) is 42.4 Å². The largest absolute Gasteiger partial charge is 0.361 e. The minimum atomic E-state index is -0.786. The second-order valence-corrected chi connectivity index (χ2v) is 10.2. The highest BCUT2D eigenvalue weighted by Crippen LogP contribution is 2.45. The SMILES string of the molecule is CC1(CC(=O)N2Cc3ccccc3C2)SC(N[C@H]2C[C@@H]3CC[C@H]2C3)=NC1=O. The maximum atomic E-state index is 12.9. The molecule has 2 saturated carbocycles. The van der Waals surface area contributed by atoms with Crippen LogP contribution in [-0.4, -0.2) is 32.7 Å². The van der Waals surface area contributed by atoms with Gasteiger partial charge in [0, 0.05) is 19.1 Å². The van der Waals surface area contributed by atoms with Gasteiger partial charge in [-0.25, -0.2) is 0 Å². The lowest BCUT2D eigenvalue weighted by molar-refractivity contribution is -0.134. The standard InChI is InChI=1S/C21H25N3O2S/c1-21(10-18(25)24-11-15-4-2-3-5-16(15)12-24)19(26)23-20(27-21)22-17-9-13-6-7-14(17)8-13/h2-5,13-14,17H,6-12H2,1H3,(H,22,23,26)/t13-,14+,17+,21?/m1/s1. The Kier molecular flexibility index (Phi) is 4.08. The van der Waals surface area contributed by atoms with E-state index in [2.05, 4.69) is 22.4 Å². The lowest BCUT2D eigenvalue weighted by Crippen LogP contribution is -2.39. The molecule has 4 aliphatic rings. The number of rotatable bonds is 3. The van der Waals surface area contributed by atoms with Crippen LogP contribution in [0.1, 0.15) is 50.2 Å². The number of carbonyl (C=O) groups is 2. The van der Waals surface area contributed by atoms with Crippen LogP contribution in [0.25, 0.3) is 0 Å². The first kappa shape index (κ1) is 17.3. The second kappa shape index (κ2) is 6.36. The topological polar surface area (TPSA) is 61.8 Å². The number of aliphatic imine (C=N–C) groups is 1. The molecule has 27 heavy (non-hydrogen) atoms. The number of amidine groups is 1. The zero-order valence-corrected chi connectivity index (χ0v) is 16.4. The highest BCUT2D eigenvalue weighted by molar-refractivity contribution is 8.16. The molecular formula is C21H25N3O2S. The van der Waals surface area contributed by atoms with Gasteiger partial charge >= 0.3 is 0 Å². The van der Waals surface area contributed by atoms with Crippen LogP contribution in [0.2, 0.25) is 0 Å². The molecule has 2 aliphatic carbocycles. The van der Waals surface area contributed by atoms with Crippen molar-refractivity contribution in [3.05, 3.63) is 35.4 Å². The monoisotopic (exact) mass is 383 g/mol. The summed E-state index contributed by atoms with van der Waals surface area (Å²) < 4.78 is -0.786. The molecule has 5 rings (SSSR count). The third-order valence-electron chi connectivity index (χ3n) is 6.71. The van der Waals surface area contributed by atoms with Crippen LogP contribution in [0.5, 0.6) is 0 Å². The van der Waals surface area contributed by atoms with Gasteiger partial charge in [-0.15, -0.1) is 0 Å². The van der Waals surface area contributed by atoms with E-state index in [-0.39, 0.29) is 18.2 Å². The molecule has 2 bridgehead atoms. The Labute approximate surface area is 164 Å². The predicted molar refractivity (Wildman–Crippen MR) is 106 cm³/mol. The van der Waals surface area contributed by atoms with Crippen LogP contribution < -0.4 is 5.32 Å². The molecule has 1 aromatic carbocycles. The molecule has 5 nitrogen and oxygen atoms in total. The first-order chi connectivity index (χ1) is 13.0. The first-order valence-corrected chi connectivity index (χ1v) is 10.7. The van der Waals surface area contributed by atoms with Crippen molar-refractivity contribution in [1.82, 2.24) is 10.2 Å². The molecule has 0 aromatic heterocycles. The molecule has 2 aliphatic heterocycles. The minimum Gasteiger partial charge on any atom is -0.361 e. The van der Waals surface area contributed by atoms with Crippen LogP contribution in [0.4, 0.5) is 0 Å². The maximum absolute atomic E-state index is 12.9. The molecule has 0 saturated heterocycles. The van der Waals surface area contributed by atoms with E-state index in [4.69, 9.17) is 0 Å². The van der Waals surface area contributed by atoms with Gasteiger partial charge in [0.25, 0.3) is 5.91 Å². The predicted octanol–water partition coefficient (Wildman–Crippen LogP) is 3.09. The zero-order chi connectivity index (χ0) is 18.6. The van der Waals surface area contributed by atoms with Crippen molar-refractivity contribution >= 4 is 28.7 Å². The summed E-state index contributed by atoms with van der Waals surface area (Å²) in [5.74, 6) is 1.43. The van der Waals surface area contributed by atoms with E-state index in [1.807, 2.05) is 24.0 Å². The van der Waals surface area contributed by atoms with E-state index >= 15 is 0 Å². The fraction of sp³-hybridized carbons (Fsp3) is 0.571. The second-order valence-electron chi connectivity index (χ2n) is 8.68. The lowest BCUT2D eigenvalue weighted by Gasteiger charge is -2.26. The Balaban J connectivity index is 1.21. The lowest BCUT2D eigenvalue weighted by atomic mass is 9.96. The Bertz CT molecular complexity index is 813. The molecule has 1 aromatic rings. The molecule has 1 N–H and O–H groups in total. The summed E-state index contributed by atoms with van der Waals surface area (Å²) in [6.07, 6.45) is 5.36. The fourth-order valence-corrected chi connectivity index (χ4v) is 6.25. The summed E-state index contributed by atoms with van der Waals surface area (Å²) in [5.41, 5.74) is 2.41. The van der Waals surface area contributed by atoms with Gasteiger partial charge in [-0.05, 0) is 49.1 Å². The van der Waals surface area contributed by atoms with Gasteiger partial charge < -0.3 is 10.2 Å². The molecule has 142 valence electrons. The summed E-state index contributed by atoms with van der Waals surface area (Å²) in [4.78, 5) is 31.6. The van der Waals surface area contributed by atoms with Crippen molar-refractivity contribution in [3.8, 4) is 0 Å². The van der Waals surface area contributed by atoms with E-state index in [0.29, 0.717) is 19.1 Å². The summed E-state index contributed by atoms with van der Waals surface area (Å²) in [5, 5.41) is 4.24. The van der Waals surface area contributed by atoms with E-state index in [0.717, 1.165) is 17.0 Å². The third kappa shape index (κ3) is 3.08. The Morgan fingerprint density at radius 3 is 2.63 bits per heavy atom. The van der Waals surface area contributed by atoms with E-state index in [1.165, 1.54) is 48.6 Å². The average molecular weight is 384 g/mol. The van der Waals surface area contributed by atoms with Crippen molar-refractivity contribution in [1.29, 1.82) is 0 Å². The van der Waals surface area contributed by atoms with Crippen molar-refractivity contribution in [2.24, 2.45) is 16.8 Å². The molecule has 2 fully saturated rings. The third-order valence-corrected chi connectivity index (χ3v) is 7.88. The number of amides is 2. The van der Waals surface area contributed by atoms with E-state index in [1.54, 1.807) is 0 Å². The summed E-state index contributed by atoms with van der Waals surface area (Å²) in [6.45, 7) is 3.14. The molecule has 0 radical (unpaired) electrons. The number of nitrogens with one attached hydrogen (secondary N) is 1. The van der Waals surface area contributed by atoms with E-state index in [9.17, 15) is 9.59 Å². The average Bonchev–Trinajstić information content (AvgIpc) is 3.39. The molecule has 4 atom stereocenters. The summed E-state index contributed by atoms with van der Waals surface area (Å²) in [7, 11) is 0. The maximum Gasteiger partial charge on any atom is 0.265 e. The van der Waals surface area contributed by atoms with Crippen molar-refractivity contribution in [2.75, 3.05) is 0 Å². The van der Waals surface area contributed by atoms with E-state index < -0.39 is 4.75 Å². The number of nitrogens with zero attached hydrogens (tertiary/aromatic N) is 2. The van der Waals surface area contributed by atoms with Gasteiger partial charge in [0.1, 0.15) is 4.75 Å². The molecule has 6 heteroatoms. The quantitative estimate of drug-likeness (QED) is 0.871.